The molecule has 1 aliphatic rings. The number of nitrogens with zero attached hydrogens (tertiary/aromatic N) is 2. The SMILES string of the molecule is Cc1cccc(CN(CCO)CC2CCCN2)n1. The van der Waals surface area contributed by atoms with Crippen molar-refractivity contribution in [2.45, 2.75) is 32.4 Å². The molecule has 1 atom stereocenters. The number of pyridine rings is 1. The van der Waals surface area contributed by atoms with Crippen LogP contribution in [0.2, 0.25) is 0 Å². The van der Waals surface area contributed by atoms with Crippen molar-refractivity contribution in [3.63, 3.8) is 0 Å². The smallest absolute Gasteiger partial charge is 0.0558 e. The van der Waals surface area contributed by atoms with Gasteiger partial charge in [0.2, 0.25) is 0 Å². The molecule has 0 saturated carbocycles. The number of rotatable bonds is 6. The Bertz CT molecular complexity index is 364. The summed E-state index contributed by atoms with van der Waals surface area (Å²) in [5, 5.41) is 12.7. The molecule has 0 radical (unpaired) electrons. The number of aromatic nitrogens is 1. The highest BCUT2D eigenvalue weighted by molar-refractivity contribution is 5.09. The van der Waals surface area contributed by atoms with Crippen LogP contribution in [0.1, 0.15) is 24.2 Å². The van der Waals surface area contributed by atoms with E-state index in [0.29, 0.717) is 12.6 Å². The summed E-state index contributed by atoms with van der Waals surface area (Å²) in [5.41, 5.74) is 2.14. The predicted octanol–water partition coefficient (Wildman–Crippen LogP) is 0.936. The average Bonchev–Trinajstić information content (AvgIpc) is 2.82. The Labute approximate surface area is 109 Å². The third kappa shape index (κ3) is 4.05. The summed E-state index contributed by atoms with van der Waals surface area (Å²) in [6.07, 6.45) is 2.50. The van der Waals surface area contributed by atoms with Gasteiger partial charge in [0, 0.05) is 31.4 Å². The minimum atomic E-state index is 0.207. The minimum absolute atomic E-state index is 0.207. The van der Waals surface area contributed by atoms with Crippen LogP contribution in [0.3, 0.4) is 0 Å². The predicted molar refractivity (Wildman–Crippen MR) is 72.4 cm³/mol. The molecule has 1 aromatic rings. The van der Waals surface area contributed by atoms with Gasteiger partial charge >= 0.3 is 0 Å². The van der Waals surface area contributed by atoms with Gasteiger partial charge in [0.25, 0.3) is 0 Å². The molecule has 0 aliphatic carbocycles. The number of aryl methyl sites for hydroxylation is 1. The van der Waals surface area contributed by atoms with Crippen molar-refractivity contribution in [1.82, 2.24) is 15.2 Å². The summed E-state index contributed by atoms with van der Waals surface area (Å²) in [5.74, 6) is 0. The summed E-state index contributed by atoms with van der Waals surface area (Å²) in [7, 11) is 0. The van der Waals surface area contributed by atoms with E-state index in [1.165, 1.54) is 12.8 Å². The van der Waals surface area contributed by atoms with Gasteiger partial charge in [-0.1, -0.05) is 6.07 Å². The summed E-state index contributed by atoms with van der Waals surface area (Å²) in [6, 6.07) is 6.68. The fraction of sp³-hybridized carbons (Fsp3) is 0.643. The number of aliphatic hydroxyl groups is 1. The highest BCUT2D eigenvalue weighted by Gasteiger charge is 2.18. The third-order valence-electron chi connectivity index (χ3n) is 3.39. The first-order chi connectivity index (χ1) is 8.78. The van der Waals surface area contributed by atoms with Crippen LogP contribution in [-0.2, 0) is 6.54 Å². The van der Waals surface area contributed by atoms with E-state index in [-0.39, 0.29) is 6.61 Å². The Kier molecular flexibility index (Phi) is 5.11. The summed E-state index contributed by atoms with van der Waals surface area (Å²) >= 11 is 0. The van der Waals surface area contributed by atoms with E-state index < -0.39 is 0 Å². The van der Waals surface area contributed by atoms with E-state index in [4.69, 9.17) is 5.11 Å². The van der Waals surface area contributed by atoms with E-state index in [1.54, 1.807) is 0 Å². The molecule has 1 fully saturated rings. The van der Waals surface area contributed by atoms with E-state index in [0.717, 1.165) is 31.0 Å². The van der Waals surface area contributed by atoms with Crippen molar-refractivity contribution in [1.29, 1.82) is 0 Å². The van der Waals surface area contributed by atoms with Gasteiger partial charge in [-0.25, -0.2) is 0 Å². The third-order valence-corrected chi connectivity index (χ3v) is 3.39. The average molecular weight is 249 g/mol. The molecule has 100 valence electrons. The Balaban J connectivity index is 1.92. The Morgan fingerprint density at radius 2 is 2.39 bits per heavy atom. The number of aliphatic hydroxyl groups excluding tert-OH is 1. The second kappa shape index (κ2) is 6.83. The molecular weight excluding hydrogens is 226 g/mol. The molecule has 4 heteroatoms. The second-order valence-electron chi connectivity index (χ2n) is 5.02. The van der Waals surface area contributed by atoms with Gasteiger partial charge in [-0.05, 0) is 38.4 Å². The van der Waals surface area contributed by atoms with Crippen LogP contribution in [0, 0.1) is 6.92 Å². The number of nitrogens with one attached hydrogen (secondary N) is 1. The fourth-order valence-electron chi connectivity index (χ4n) is 2.52. The van der Waals surface area contributed by atoms with Gasteiger partial charge in [0.15, 0.2) is 0 Å². The van der Waals surface area contributed by atoms with Gasteiger partial charge in [-0.2, -0.15) is 0 Å². The maximum Gasteiger partial charge on any atom is 0.0558 e. The molecule has 1 aromatic heterocycles. The summed E-state index contributed by atoms with van der Waals surface area (Å²) in [6.45, 7) is 5.88. The first kappa shape index (κ1) is 13.5. The summed E-state index contributed by atoms with van der Waals surface area (Å²) in [4.78, 5) is 6.81. The van der Waals surface area contributed by atoms with Crippen molar-refractivity contribution >= 4 is 0 Å². The molecular formula is C14H23N3O. The zero-order chi connectivity index (χ0) is 12.8. The zero-order valence-corrected chi connectivity index (χ0v) is 11.1. The quantitative estimate of drug-likeness (QED) is 0.787. The lowest BCUT2D eigenvalue weighted by atomic mass is 10.2. The van der Waals surface area contributed by atoms with Gasteiger partial charge in [0.1, 0.15) is 0 Å². The zero-order valence-electron chi connectivity index (χ0n) is 11.1. The largest absolute Gasteiger partial charge is 0.395 e. The molecule has 1 saturated heterocycles. The topological polar surface area (TPSA) is 48.4 Å². The molecule has 1 unspecified atom stereocenters. The molecule has 0 amide bonds. The van der Waals surface area contributed by atoms with Crippen LogP contribution in [0.25, 0.3) is 0 Å². The second-order valence-corrected chi connectivity index (χ2v) is 5.02. The lowest BCUT2D eigenvalue weighted by Gasteiger charge is -2.24. The van der Waals surface area contributed by atoms with Crippen LogP contribution in [0.5, 0.6) is 0 Å². The first-order valence-corrected chi connectivity index (χ1v) is 6.77. The highest BCUT2D eigenvalue weighted by Crippen LogP contribution is 2.09. The molecule has 0 aromatic carbocycles. The van der Waals surface area contributed by atoms with E-state index >= 15 is 0 Å². The maximum absolute atomic E-state index is 9.16. The lowest BCUT2D eigenvalue weighted by molar-refractivity contribution is 0.177. The van der Waals surface area contributed by atoms with Gasteiger partial charge in [-0.3, -0.25) is 9.88 Å². The molecule has 18 heavy (non-hydrogen) atoms. The first-order valence-electron chi connectivity index (χ1n) is 6.77. The number of hydrogen-bond acceptors (Lipinski definition) is 4. The molecule has 2 rings (SSSR count). The highest BCUT2D eigenvalue weighted by atomic mass is 16.3. The molecule has 2 N–H and O–H groups in total. The maximum atomic E-state index is 9.16. The minimum Gasteiger partial charge on any atom is -0.395 e. The van der Waals surface area contributed by atoms with Gasteiger partial charge < -0.3 is 10.4 Å². The molecule has 0 bridgehead atoms. The van der Waals surface area contributed by atoms with Crippen LogP contribution >= 0.6 is 0 Å². The standard InChI is InChI=1S/C14H23N3O/c1-12-4-2-5-14(16-12)11-17(8-9-18)10-13-6-3-7-15-13/h2,4-5,13,15,18H,3,6-11H2,1H3. The van der Waals surface area contributed by atoms with Crippen molar-refractivity contribution < 1.29 is 5.11 Å². The molecule has 0 spiro atoms. The van der Waals surface area contributed by atoms with E-state index in [2.05, 4.69) is 21.3 Å². The van der Waals surface area contributed by atoms with E-state index in [1.807, 2.05) is 19.1 Å². The summed E-state index contributed by atoms with van der Waals surface area (Å²) < 4.78 is 0. The number of hydrogen-bond donors (Lipinski definition) is 2. The molecule has 2 heterocycles. The lowest BCUT2D eigenvalue weighted by Crippen LogP contribution is -2.38. The Morgan fingerprint density at radius 1 is 1.50 bits per heavy atom. The van der Waals surface area contributed by atoms with E-state index in [9.17, 15) is 0 Å². The molecule has 4 nitrogen and oxygen atoms in total. The van der Waals surface area contributed by atoms with Crippen molar-refractivity contribution in [2.75, 3.05) is 26.2 Å². The Hall–Kier alpha value is -0.970. The van der Waals surface area contributed by atoms with Crippen molar-refractivity contribution in [3.05, 3.63) is 29.6 Å². The Morgan fingerprint density at radius 3 is 3.06 bits per heavy atom. The van der Waals surface area contributed by atoms with Gasteiger partial charge in [-0.15, -0.1) is 0 Å². The van der Waals surface area contributed by atoms with Crippen LogP contribution in [0.4, 0.5) is 0 Å². The van der Waals surface area contributed by atoms with Crippen molar-refractivity contribution in [2.24, 2.45) is 0 Å². The normalized spacial score (nSPS) is 19.6. The van der Waals surface area contributed by atoms with Crippen LogP contribution < -0.4 is 5.32 Å². The van der Waals surface area contributed by atoms with Gasteiger partial charge in [0.05, 0.1) is 12.3 Å². The van der Waals surface area contributed by atoms with Crippen LogP contribution in [0.15, 0.2) is 18.2 Å². The monoisotopic (exact) mass is 249 g/mol. The molecule has 1 aliphatic heterocycles. The van der Waals surface area contributed by atoms with Crippen molar-refractivity contribution in [3.8, 4) is 0 Å². The van der Waals surface area contributed by atoms with Crippen LogP contribution in [-0.4, -0.2) is 47.3 Å². The fourth-order valence-corrected chi connectivity index (χ4v) is 2.52.